The van der Waals surface area contributed by atoms with Crippen LogP contribution in [0.2, 0.25) is 0 Å². The van der Waals surface area contributed by atoms with Gasteiger partial charge in [-0.15, -0.1) is 11.8 Å². The normalized spacial score (nSPS) is 10.4. The van der Waals surface area contributed by atoms with E-state index < -0.39 is 10.9 Å². The fourth-order valence-corrected chi connectivity index (χ4v) is 2.62. The second-order valence-corrected chi connectivity index (χ2v) is 5.06. The number of aromatic carboxylic acids is 1. The number of carboxylic acid groups (broad SMARTS) is 1. The van der Waals surface area contributed by atoms with Crippen molar-refractivity contribution in [1.82, 2.24) is 0 Å². The topological polar surface area (TPSA) is 93.6 Å². The van der Waals surface area contributed by atoms with Crippen LogP contribution in [0.5, 0.6) is 0 Å². The minimum absolute atomic E-state index is 0.0271. The van der Waals surface area contributed by atoms with Gasteiger partial charge in [0.15, 0.2) is 0 Å². The molecule has 1 N–H and O–H groups in total. The number of carboxylic acids is 1. The SMILES string of the molecule is Cc1cc(CSc2ccccc2[N+](=O)[O-])oc1C(=O)O. The van der Waals surface area contributed by atoms with E-state index in [0.717, 1.165) is 0 Å². The number of rotatable bonds is 5. The number of carbonyl (C=O) groups is 1. The van der Waals surface area contributed by atoms with Crippen molar-refractivity contribution in [2.45, 2.75) is 17.6 Å². The lowest BCUT2D eigenvalue weighted by Gasteiger charge is -2.00. The molecule has 6 nitrogen and oxygen atoms in total. The lowest BCUT2D eigenvalue weighted by atomic mass is 10.3. The van der Waals surface area contributed by atoms with Crippen LogP contribution in [0.25, 0.3) is 0 Å². The summed E-state index contributed by atoms with van der Waals surface area (Å²) < 4.78 is 5.21. The van der Waals surface area contributed by atoms with Crippen molar-refractivity contribution in [1.29, 1.82) is 0 Å². The van der Waals surface area contributed by atoms with Crippen LogP contribution in [0.1, 0.15) is 21.9 Å². The molecule has 0 atom stereocenters. The zero-order chi connectivity index (χ0) is 14.7. The van der Waals surface area contributed by atoms with E-state index in [9.17, 15) is 14.9 Å². The summed E-state index contributed by atoms with van der Waals surface area (Å²) in [6.45, 7) is 1.64. The highest BCUT2D eigenvalue weighted by atomic mass is 32.2. The van der Waals surface area contributed by atoms with Crippen molar-refractivity contribution in [3.63, 3.8) is 0 Å². The van der Waals surface area contributed by atoms with Crippen molar-refractivity contribution in [2.24, 2.45) is 0 Å². The van der Waals surface area contributed by atoms with Crippen LogP contribution >= 0.6 is 11.8 Å². The maximum atomic E-state index is 10.9. The molecule has 0 aliphatic heterocycles. The van der Waals surface area contributed by atoms with Gasteiger partial charge in [-0.2, -0.15) is 0 Å². The third-order valence-electron chi connectivity index (χ3n) is 2.59. The molecular formula is C13H11NO5S. The molecule has 0 bridgehead atoms. The molecule has 1 aromatic heterocycles. The van der Waals surface area contributed by atoms with Crippen LogP contribution in [0.15, 0.2) is 39.6 Å². The van der Waals surface area contributed by atoms with Crippen LogP contribution < -0.4 is 0 Å². The van der Waals surface area contributed by atoms with E-state index in [0.29, 0.717) is 22.0 Å². The Morgan fingerprint density at radius 1 is 1.45 bits per heavy atom. The maximum Gasteiger partial charge on any atom is 0.372 e. The second kappa shape index (κ2) is 5.79. The number of furan rings is 1. The zero-order valence-electron chi connectivity index (χ0n) is 10.5. The molecule has 1 aromatic carbocycles. The zero-order valence-corrected chi connectivity index (χ0v) is 11.3. The summed E-state index contributed by atoms with van der Waals surface area (Å²) in [7, 11) is 0. The van der Waals surface area contributed by atoms with E-state index in [-0.39, 0.29) is 11.4 Å². The van der Waals surface area contributed by atoms with E-state index >= 15 is 0 Å². The minimum Gasteiger partial charge on any atom is -0.475 e. The molecule has 0 unspecified atom stereocenters. The van der Waals surface area contributed by atoms with E-state index in [1.165, 1.54) is 17.8 Å². The molecule has 1 heterocycles. The lowest BCUT2D eigenvalue weighted by molar-refractivity contribution is -0.387. The first kappa shape index (κ1) is 14.1. The first-order valence-corrected chi connectivity index (χ1v) is 6.66. The molecule has 0 aliphatic carbocycles. The Labute approximate surface area is 118 Å². The highest BCUT2D eigenvalue weighted by Gasteiger charge is 2.16. The summed E-state index contributed by atoms with van der Waals surface area (Å²) in [5.74, 6) is -0.408. The van der Waals surface area contributed by atoms with Crippen LogP contribution in [-0.2, 0) is 5.75 Å². The Morgan fingerprint density at radius 2 is 2.15 bits per heavy atom. The number of nitro benzene ring substituents is 1. The first-order valence-electron chi connectivity index (χ1n) is 5.68. The number of aryl methyl sites for hydroxylation is 1. The summed E-state index contributed by atoms with van der Waals surface area (Å²) in [6.07, 6.45) is 0. The van der Waals surface area contributed by atoms with Crippen LogP contribution in [0.3, 0.4) is 0 Å². The molecule has 0 amide bonds. The predicted molar refractivity (Wildman–Crippen MR) is 73.1 cm³/mol. The highest BCUT2D eigenvalue weighted by molar-refractivity contribution is 7.98. The van der Waals surface area contributed by atoms with Gasteiger partial charge in [0.25, 0.3) is 5.69 Å². The van der Waals surface area contributed by atoms with E-state index in [4.69, 9.17) is 9.52 Å². The molecule has 0 saturated heterocycles. The number of benzene rings is 1. The summed E-state index contributed by atoms with van der Waals surface area (Å²) in [5.41, 5.74) is 0.565. The summed E-state index contributed by atoms with van der Waals surface area (Å²) in [6, 6.07) is 8.02. The second-order valence-electron chi connectivity index (χ2n) is 4.04. The average Bonchev–Trinajstić information content (AvgIpc) is 2.78. The number of thioether (sulfide) groups is 1. The smallest absolute Gasteiger partial charge is 0.372 e. The Morgan fingerprint density at radius 3 is 2.75 bits per heavy atom. The monoisotopic (exact) mass is 293 g/mol. The highest BCUT2D eigenvalue weighted by Crippen LogP contribution is 2.32. The van der Waals surface area contributed by atoms with Gasteiger partial charge >= 0.3 is 5.97 Å². The minimum atomic E-state index is -1.12. The van der Waals surface area contributed by atoms with Crippen molar-refractivity contribution >= 4 is 23.4 Å². The number of nitro groups is 1. The molecular weight excluding hydrogens is 282 g/mol. The molecule has 0 aliphatic rings. The number of hydrogen-bond acceptors (Lipinski definition) is 5. The van der Waals surface area contributed by atoms with Crippen LogP contribution in [0, 0.1) is 17.0 Å². The summed E-state index contributed by atoms with van der Waals surface area (Å²) in [5, 5.41) is 19.8. The molecule has 0 saturated carbocycles. The Kier molecular flexibility index (Phi) is 4.09. The van der Waals surface area contributed by atoms with Crippen molar-refractivity contribution in [3.8, 4) is 0 Å². The fraction of sp³-hybridized carbons (Fsp3) is 0.154. The lowest BCUT2D eigenvalue weighted by Crippen LogP contribution is -1.95. The first-order chi connectivity index (χ1) is 9.49. The Bertz CT molecular complexity index is 665. The Hall–Kier alpha value is -2.28. The van der Waals surface area contributed by atoms with Gasteiger partial charge in [-0.3, -0.25) is 10.1 Å². The van der Waals surface area contributed by atoms with Crippen LogP contribution in [0.4, 0.5) is 5.69 Å². The van der Waals surface area contributed by atoms with Gasteiger partial charge in [-0.1, -0.05) is 12.1 Å². The molecule has 0 spiro atoms. The maximum absolute atomic E-state index is 10.9. The average molecular weight is 293 g/mol. The molecule has 104 valence electrons. The third kappa shape index (κ3) is 3.00. The number of para-hydroxylation sites is 1. The van der Waals surface area contributed by atoms with Gasteiger partial charge in [0.2, 0.25) is 5.76 Å². The van der Waals surface area contributed by atoms with Crippen LogP contribution in [-0.4, -0.2) is 16.0 Å². The molecule has 0 fully saturated rings. The van der Waals surface area contributed by atoms with E-state index in [1.54, 1.807) is 31.2 Å². The third-order valence-corrected chi connectivity index (χ3v) is 3.68. The molecule has 2 rings (SSSR count). The largest absolute Gasteiger partial charge is 0.475 e. The van der Waals surface area contributed by atoms with Gasteiger partial charge in [0, 0.05) is 11.6 Å². The summed E-state index contributed by atoms with van der Waals surface area (Å²) in [4.78, 5) is 21.8. The van der Waals surface area contributed by atoms with E-state index in [2.05, 4.69) is 0 Å². The van der Waals surface area contributed by atoms with Gasteiger partial charge in [0.05, 0.1) is 15.6 Å². The van der Waals surface area contributed by atoms with Gasteiger partial charge < -0.3 is 9.52 Å². The number of hydrogen-bond donors (Lipinski definition) is 1. The fourth-order valence-electron chi connectivity index (χ4n) is 1.71. The number of nitrogens with zero attached hydrogens (tertiary/aromatic N) is 1. The Balaban J connectivity index is 2.15. The van der Waals surface area contributed by atoms with Crippen molar-refractivity contribution < 1.29 is 19.2 Å². The summed E-state index contributed by atoms with van der Waals surface area (Å²) >= 11 is 1.23. The van der Waals surface area contributed by atoms with Gasteiger partial charge in [0.1, 0.15) is 5.76 Å². The predicted octanol–water partition coefficient (Wildman–Crippen LogP) is 3.49. The molecule has 0 radical (unpaired) electrons. The van der Waals surface area contributed by atoms with Crippen molar-refractivity contribution in [2.75, 3.05) is 0 Å². The van der Waals surface area contributed by atoms with Crippen molar-refractivity contribution in [3.05, 3.63) is 57.5 Å². The van der Waals surface area contributed by atoms with E-state index in [1.807, 2.05) is 0 Å². The molecule has 20 heavy (non-hydrogen) atoms. The quantitative estimate of drug-likeness (QED) is 0.515. The van der Waals surface area contributed by atoms with Gasteiger partial charge in [-0.25, -0.2) is 4.79 Å². The molecule has 7 heteroatoms. The van der Waals surface area contributed by atoms with Gasteiger partial charge in [-0.05, 0) is 19.1 Å². The molecule has 2 aromatic rings. The standard InChI is InChI=1S/C13H11NO5S/c1-8-6-9(19-12(8)13(15)16)7-20-11-5-3-2-4-10(11)14(17)18/h2-6H,7H2,1H3,(H,15,16).